The smallest absolute Gasteiger partial charge is 0.0527 e. The van der Waals surface area contributed by atoms with Crippen LogP contribution in [0.25, 0.3) is 0 Å². The van der Waals surface area contributed by atoms with Crippen molar-refractivity contribution in [3.05, 3.63) is 6.92 Å². The normalized spacial score (nSPS) is 12.0. The van der Waals surface area contributed by atoms with Crippen LogP contribution in [0.15, 0.2) is 0 Å². The molecule has 24 heavy (non-hydrogen) atoms. The highest BCUT2D eigenvalue weighted by atomic mass is 28.3. The van der Waals surface area contributed by atoms with Gasteiger partial charge in [0.05, 0.1) is 8.07 Å². The second-order valence-electron chi connectivity index (χ2n) is 8.11. The van der Waals surface area contributed by atoms with Gasteiger partial charge in [-0.25, -0.2) is 0 Å². The Morgan fingerprint density at radius 2 is 0.750 bits per heavy atom. The summed E-state index contributed by atoms with van der Waals surface area (Å²) in [6, 6.07) is 6.13. The zero-order valence-corrected chi connectivity index (χ0v) is 18.6. The van der Waals surface area contributed by atoms with E-state index in [1.165, 1.54) is 108 Å². The van der Waals surface area contributed by atoms with Crippen LogP contribution in [0.5, 0.6) is 0 Å². The van der Waals surface area contributed by atoms with E-state index < -0.39 is 8.07 Å². The van der Waals surface area contributed by atoms with E-state index in [9.17, 15) is 0 Å². The second-order valence-corrected chi connectivity index (χ2v) is 13.7. The molecule has 0 nitrogen and oxygen atoms in total. The SMILES string of the molecule is [CH2]CCCCCCCCCCCCCCCC[Si](CC)(CC)CC. The summed E-state index contributed by atoms with van der Waals surface area (Å²) in [5.41, 5.74) is 0. The predicted molar refractivity (Wildman–Crippen MR) is 117 cm³/mol. The molecule has 0 aliphatic rings. The molecule has 0 atom stereocenters. The van der Waals surface area contributed by atoms with Gasteiger partial charge in [0.15, 0.2) is 0 Å². The van der Waals surface area contributed by atoms with Crippen molar-refractivity contribution in [2.75, 3.05) is 0 Å². The Morgan fingerprint density at radius 3 is 1.04 bits per heavy atom. The third kappa shape index (κ3) is 13.5. The Labute approximate surface area is 156 Å². The Morgan fingerprint density at radius 1 is 0.458 bits per heavy atom. The van der Waals surface area contributed by atoms with Crippen LogP contribution in [0.1, 0.15) is 117 Å². The highest BCUT2D eigenvalue weighted by Gasteiger charge is 2.25. The Balaban J connectivity index is 3.23. The summed E-state index contributed by atoms with van der Waals surface area (Å²) in [4.78, 5) is 0. The first kappa shape index (κ1) is 24.2. The first-order valence-electron chi connectivity index (χ1n) is 11.5. The molecule has 0 spiro atoms. The minimum Gasteiger partial charge on any atom is -0.0678 e. The third-order valence-corrected chi connectivity index (χ3v) is 12.4. The van der Waals surface area contributed by atoms with Gasteiger partial charge in [0, 0.05) is 0 Å². The van der Waals surface area contributed by atoms with Crippen molar-refractivity contribution in [3.8, 4) is 0 Å². The molecular formula is C23H49Si. The van der Waals surface area contributed by atoms with Gasteiger partial charge in [0.1, 0.15) is 0 Å². The maximum atomic E-state index is 3.91. The molecule has 0 aromatic carbocycles. The van der Waals surface area contributed by atoms with Crippen molar-refractivity contribution in [1.82, 2.24) is 0 Å². The Hall–Kier alpha value is 0.217. The molecule has 0 rings (SSSR count). The van der Waals surface area contributed by atoms with E-state index in [1.807, 2.05) is 0 Å². The predicted octanol–water partition coefficient (Wildman–Crippen LogP) is 9.18. The van der Waals surface area contributed by atoms with Crippen LogP contribution in [0.2, 0.25) is 24.2 Å². The number of rotatable bonds is 19. The van der Waals surface area contributed by atoms with Crippen LogP contribution >= 0.6 is 0 Å². The molecule has 0 N–H and O–H groups in total. The van der Waals surface area contributed by atoms with Gasteiger partial charge in [-0.1, -0.05) is 148 Å². The zero-order chi connectivity index (χ0) is 17.9. The summed E-state index contributed by atoms with van der Waals surface area (Å²) >= 11 is 0. The molecule has 0 saturated heterocycles. The summed E-state index contributed by atoms with van der Waals surface area (Å²) in [6.45, 7) is 11.2. The van der Waals surface area contributed by atoms with Crippen molar-refractivity contribution in [2.24, 2.45) is 0 Å². The molecule has 0 bridgehead atoms. The molecule has 0 aromatic rings. The van der Waals surface area contributed by atoms with Crippen LogP contribution in [0.3, 0.4) is 0 Å². The summed E-state index contributed by atoms with van der Waals surface area (Å²) in [7, 11) is -0.826. The molecule has 0 heterocycles. The maximum Gasteiger partial charge on any atom is 0.0527 e. The number of hydrogen-bond acceptors (Lipinski definition) is 0. The fourth-order valence-electron chi connectivity index (χ4n) is 4.08. The lowest BCUT2D eigenvalue weighted by atomic mass is 10.0. The highest BCUT2D eigenvalue weighted by Crippen LogP contribution is 2.27. The summed E-state index contributed by atoms with van der Waals surface area (Å²) < 4.78 is 0. The Kier molecular flexibility index (Phi) is 18.2. The van der Waals surface area contributed by atoms with Crippen molar-refractivity contribution < 1.29 is 0 Å². The monoisotopic (exact) mass is 353 g/mol. The summed E-state index contributed by atoms with van der Waals surface area (Å²) in [6.07, 6.45) is 21.6. The van der Waals surface area contributed by atoms with Crippen molar-refractivity contribution in [3.63, 3.8) is 0 Å². The van der Waals surface area contributed by atoms with E-state index in [2.05, 4.69) is 27.7 Å². The highest BCUT2D eigenvalue weighted by molar-refractivity contribution is 6.79. The molecule has 0 unspecified atom stereocenters. The first-order chi connectivity index (χ1) is 11.7. The van der Waals surface area contributed by atoms with Crippen LogP contribution in [-0.2, 0) is 0 Å². The Bertz CT molecular complexity index is 224. The fourth-order valence-corrected chi connectivity index (χ4v) is 7.64. The minimum atomic E-state index is -0.826. The van der Waals surface area contributed by atoms with Gasteiger partial charge < -0.3 is 0 Å². The molecular weight excluding hydrogens is 304 g/mol. The lowest BCUT2D eigenvalue weighted by Gasteiger charge is -2.28. The van der Waals surface area contributed by atoms with Crippen molar-refractivity contribution in [1.29, 1.82) is 0 Å². The lowest BCUT2D eigenvalue weighted by molar-refractivity contribution is 0.535. The quantitative estimate of drug-likeness (QED) is 0.160. The fraction of sp³-hybridized carbons (Fsp3) is 0.957. The molecule has 1 heteroatoms. The molecule has 0 aliphatic heterocycles. The molecule has 0 saturated carbocycles. The van der Waals surface area contributed by atoms with Crippen LogP contribution in [0, 0.1) is 6.92 Å². The van der Waals surface area contributed by atoms with E-state index in [-0.39, 0.29) is 0 Å². The standard InChI is InChI=1S/C23H49Si/c1-5-9-10-11-12-13-14-15-16-17-18-19-20-21-22-23-24(6-2,7-3)8-4/h1,5-23H2,2-4H3. The maximum absolute atomic E-state index is 3.91. The number of unbranched alkanes of at least 4 members (excludes halogenated alkanes) is 14. The molecule has 0 fully saturated rings. The van der Waals surface area contributed by atoms with E-state index in [0.717, 1.165) is 6.42 Å². The second kappa shape index (κ2) is 18.0. The minimum absolute atomic E-state index is 0.826. The zero-order valence-electron chi connectivity index (χ0n) is 17.6. The average Bonchev–Trinajstić information content (AvgIpc) is 2.62. The molecule has 0 aromatic heterocycles. The van der Waals surface area contributed by atoms with E-state index in [0.29, 0.717) is 0 Å². The van der Waals surface area contributed by atoms with Crippen LogP contribution in [0.4, 0.5) is 0 Å². The van der Waals surface area contributed by atoms with Crippen LogP contribution in [-0.4, -0.2) is 8.07 Å². The van der Waals surface area contributed by atoms with Crippen molar-refractivity contribution >= 4 is 8.07 Å². The van der Waals surface area contributed by atoms with E-state index in [1.54, 1.807) is 6.04 Å². The van der Waals surface area contributed by atoms with Gasteiger partial charge in [-0.05, 0) is 0 Å². The topological polar surface area (TPSA) is 0 Å². The molecule has 0 aliphatic carbocycles. The van der Waals surface area contributed by atoms with E-state index >= 15 is 0 Å². The van der Waals surface area contributed by atoms with Gasteiger partial charge in [-0.2, -0.15) is 0 Å². The average molecular weight is 354 g/mol. The molecule has 0 amide bonds. The van der Waals surface area contributed by atoms with Gasteiger partial charge in [0.25, 0.3) is 0 Å². The van der Waals surface area contributed by atoms with Gasteiger partial charge in [-0.3, -0.25) is 0 Å². The van der Waals surface area contributed by atoms with Gasteiger partial charge >= 0.3 is 0 Å². The van der Waals surface area contributed by atoms with Gasteiger partial charge in [0.2, 0.25) is 0 Å². The summed E-state index contributed by atoms with van der Waals surface area (Å²) in [5.74, 6) is 0. The molecule has 145 valence electrons. The number of hydrogen-bond donors (Lipinski definition) is 0. The molecule has 1 radical (unpaired) electrons. The lowest BCUT2D eigenvalue weighted by Crippen LogP contribution is -2.30. The summed E-state index contributed by atoms with van der Waals surface area (Å²) in [5, 5.41) is 0. The van der Waals surface area contributed by atoms with Crippen LogP contribution < -0.4 is 0 Å². The third-order valence-electron chi connectivity index (χ3n) is 6.46. The largest absolute Gasteiger partial charge is 0.0678 e. The van der Waals surface area contributed by atoms with E-state index in [4.69, 9.17) is 0 Å². The first-order valence-corrected chi connectivity index (χ1v) is 14.4. The van der Waals surface area contributed by atoms with Gasteiger partial charge in [-0.15, -0.1) is 0 Å². The van der Waals surface area contributed by atoms with Crippen molar-refractivity contribution in [2.45, 2.75) is 141 Å².